The first kappa shape index (κ1) is 41.6. The van der Waals surface area contributed by atoms with Crippen molar-refractivity contribution in [2.24, 2.45) is 0 Å². The molecule has 1 rings (SSSR count). The van der Waals surface area contributed by atoms with Gasteiger partial charge in [0, 0.05) is 19.0 Å². The Morgan fingerprint density at radius 2 is 1.32 bits per heavy atom. The number of thioether (sulfide) groups is 1. The number of nitrogens with zero attached hydrogens (tertiary/aromatic N) is 1. The van der Waals surface area contributed by atoms with E-state index in [1.807, 2.05) is 51.1 Å². The standard InChI is InChI=1S/C35H66NO6PS/c1-5-6-7-8-9-10-11-14-17-23-30-44-33-35(32-42-43(37,38)41-29-26-36(2,3)4)40-28-22-16-13-12-15-21-27-39-31-34-24-19-18-20-25-34/h18-20,24-25,35H,5-17,21-23,26-33H2,1-4H3. The summed E-state index contributed by atoms with van der Waals surface area (Å²) in [7, 11) is 1.65. The predicted molar refractivity (Wildman–Crippen MR) is 185 cm³/mol. The molecular formula is C35H66NO6PS. The molecule has 0 aromatic heterocycles. The summed E-state index contributed by atoms with van der Waals surface area (Å²) in [6.07, 6.45) is 19.7. The van der Waals surface area contributed by atoms with Crippen LogP contribution in [-0.4, -0.2) is 76.2 Å². The van der Waals surface area contributed by atoms with Crippen LogP contribution in [0.1, 0.15) is 115 Å². The highest BCUT2D eigenvalue weighted by Gasteiger charge is 2.17. The number of quaternary nitrogens is 1. The van der Waals surface area contributed by atoms with Gasteiger partial charge in [-0.25, -0.2) is 0 Å². The first-order valence-electron chi connectivity index (χ1n) is 17.4. The SMILES string of the molecule is CCCCCCCCCCCCSCC(COP(=O)([O-])OCC[N+](C)(C)C)OCCCCCCCCOCc1ccccc1. The Hall–Kier alpha value is -0.440. The number of rotatable bonds is 32. The third kappa shape index (κ3) is 27.8. The lowest BCUT2D eigenvalue weighted by Gasteiger charge is -2.28. The molecule has 9 heteroatoms. The fourth-order valence-electron chi connectivity index (χ4n) is 4.72. The summed E-state index contributed by atoms with van der Waals surface area (Å²) < 4.78 is 35.2. The summed E-state index contributed by atoms with van der Waals surface area (Å²) in [4.78, 5) is 12.3. The van der Waals surface area contributed by atoms with Gasteiger partial charge in [0.2, 0.25) is 0 Å². The normalized spacial score (nSPS) is 14.1. The molecular weight excluding hydrogens is 593 g/mol. The predicted octanol–water partition coefficient (Wildman–Crippen LogP) is 8.79. The van der Waals surface area contributed by atoms with Crippen LogP contribution < -0.4 is 4.89 Å². The minimum absolute atomic E-state index is 0.0131. The number of phosphoric ester groups is 1. The van der Waals surface area contributed by atoms with Crippen LogP contribution >= 0.6 is 19.6 Å². The number of likely N-dealkylation sites (N-methyl/N-ethyl adjacent to an activating group) is 1. The molecule has 0 aliphatic heterocycles. The molecule has 7 nitrogen and oxygen atoms in total. The highest BCUT2D eigenvalue weighted by molar-refractivity contribution is 7.99. The first-order valence-corrected chi connectivity index (χ1v) is 20.0. The molecule has 0 fully saturated rings. The largest absolute Gasteiger partial charge is 0.756 e. The van der Waals surface area contributed by atoms with Crippen molar-refractivity contribution in [1.82, 2.24) is 0 Å². The van der Waals surface area contributed by atoms with Crippen LogP contribution in [0.5, 0.6) is 0 Å². The van der Waals surface area contributed by atoms with Crippen molar-refractivity contribution in [3.8, 4) is 0 Å². The summed E-state index contributed by atoms with van der Waals surface area (Å²) in [5.41, 5.74) is 1.22. The maximum atomic E-state index is 12.3. The number of hydrogen-bond donors (Lipinski definition) is 0. The second-order valence-electron chi connectivity index (χ2n) is 13.0. The summed E-state index contributed by atoms with van der Waals surface area (Å²) in [5, 5.41) is 0. The van der Waals surface area contributed by atoms with Crippen LogP contribution in [0.25, 0.3) is 0 Å². The fraction of sp³-hybridized carbons (Fsp3) is 0.829. The van der Waals surface area contributed by atoms with Gasteiger partial charge in [-0.15, -0.1) is 0 Å². The minimum Gasteiger partial charge on any atom is -0.756 e. The van der Waals surface area contributed by atoms with Crippen LogP contribution in [0, 0.1) is 0 Å². The molecule has 258 valence electrons. The zero-order chi connectivity index (χ0) is 32.2. The van der Waals surface area contributed by atoms with Gasteiger partial charge in [-0.1, -0.05) is 121 Å². The number of phosphoric acid groups is 1. The molecule has 2 atom stereocenters. The first-order chi connectivity index (χ1) is 21.2. The number of ether oxygens (including phenoxy) is 2. The zero-order valence-corrected chi connectivity index (χ0v) is 30.4. The average molecular weight is 660 g/mol. The lowest BCUT2D eigenvalue weighted by Crippen LogP contribution is -2.37. The Morgan fingerprint density at radius 1 is 0.750 bits per heavy atom. The summed E-state index contributed by atoms with van der Waals surface area (Å²) in [6.45, 7) is 5.09. The molecule has 2 unspecified atom stereocenters. The molecule has 0 aliphatic rings. The molecule has 0 bridgehead atoms. The van der Waals surface area contributed by atoms with Crippen molar-refractivity contribution >= 4 is 19.6 Å². The highest BCUT2D eigenvalue weighted by atomic mass is 32.2. The van der Waals surface area contributed by atoms with Crippen LogP contribution in [0.15, 0.2) is 30.3 Å². The summed E-state index contributed by atoms with van der Waals surface area (Å²) >= 11 is 1.84. The third-order valence-corrected chi connectivity index (χ3v) is 9.67. The van der Waals surface area contributed by atoms with Crippen molar-refractivity contribution in [2.45, 2.75) is 122 Å². The van der Waals surface area contributed by atoms with Crippen LogP contribution in [0.4, 0.5) is 0 Å². The Bertz CT molecular complexity index is 810. The minimum atomic E-state index is -4.35. The van der Waals surface area contributed by atoms with E-state index in [2.05, 4.69) is 19.1 Å². The van der Waals surface area contributed by atoms with Gasteiger partial charge >= 0.3 is 0 Å². The lowest BCUT2D eigenvalue weighted by molar-refractivity contribution is -0.870. The van der Waals surface area contributed by atoms with Gasteiger partial charge < -0.3 is 27.9 Å². The van der Waals surface area contributed by atoms with Crippen molar-refractivity contribution in [1.29, 1.82) is 0 Å². The number of unbranched alkanes of at least 4 members (excludes halogenated alkanes) is 14. The Morgan fingerprint density at radius 3 is 1.93 bits per heavy atom. The van der Waals surface area contributed by atoms with Crippen molar-refractivity contribution in [3.63, 3.8) is 0 Å². The van der Waals surface area contributed by atoms with Gasteiger partial charge in [-0.05, 0) is 30.6 Å². The third-order valence-electron chi connectivity index (χ3n) is 7.52. The van der Waals surface area contributed by atoms with E-state index < -0.39 is 7.82 Å². The molecule has 0 N–H and O–H groups in total. The Labute approximate surface area is 275 Å². The van der Waals surface area contributed by atoms with Gasteiger partial charge in [0.25, 0.3) is 7.82 Å². The van der Waals surface area contributed by atoms with Gasteiger partial charge in [-0.2, -0.15) is 11.8 Å². The molecule has 1 aromatic rings. The molecule has 0 spiro atoms. The maximum absolute atomic E-state index is 12.3. The Kier molecular flexibility index (Phi) is 26.1. The van der Waals surface area contributed by atoms with E-state index in [9.17, 15) is 9.46 Å². The topological polar surface area (TPSA) is 77.1 Å². The van der Waals surface area contributed by atoms with Crippen LogP contribution in [-0.2, 0) is 29.7 Å². The van der Waals surface area contributed by atoms with E-state index in [0.29, 0.717) is 24.2 Å². The molecule has 0 saturated carbocycles. The number of hydrogen-bond acceptors (Lipinski definition) is 7. The fourth-order valence-corrected chi connectivity index (χ4v) is 6.48. The van der Waals surface area contributed by atoms with Crippen molar-refractivity contribution < 1.29 is 32.5 Å². The van der Waals surface area contributed by atoms with E-state index >= 15 is 0 Å². The van der Waals surface area contributed by atoms with Crippen LogP contribution in [0.2, 0.25) is 0 Å². The molecule has 0 amide bonds. The molecule has 0 aliphatic carbocycles. The second kappa shape index (κ2) is 27.7. The molecule has 44 heavy (non-hydrogen) atoms. The van der Waals surface area contributed by atoms with Gasteiger partial charge in [0.1, 0.15) is 13.2 Å². The average Bonchev–Trinajstić information content (AvgIpc) is 2.98. The van der Waals surface area contributed by atoms with Gasteiger partial charge in [-0.3, -0.25) is 4.57 Å². The molecule has 0 heterocycles. The molecule has 0 radical (unpaired) electrons. The smallest absolute Gasteiger partial charge is 0.268 e. The highest BCUT2D eigenvalue weighted by Crippen LogP contribution is 2.38. The quantitative estimate of drug-likeness (QED) is 0.0435. The van der Waals surface area contributed by atoms with Gasteiger partial charge in [0.15, 0.2) is 0 Å². The zero-order valence-electron chi connectivity index (χ0n) is 28.7. The van der Waals surface area contributed by atoms with E-state index in [1.165, 1.54) is 89.0 Å². The van der Waals surface area contributed by atoms with E-state index in [4.69, 9.17) is 18.5 Å². The van der Waals surface area contributed by atoms with Gasteiger partial charge in [0.05, 0.1) is 40.5 Å². The maximum Gasteiger partial charge on any atom is 0.268 e. The van der Waals surface area contributed by atoms with Crippen molar-refractivity contribution in [3.05, 3.63) is 35.9 Å². The van der Waals surface area contributed by atoms with E-state index in [1.54, 1.807) is 0 Å². The second-order valence-corrected chi connectivity index (χ2v) is 15.6. The Balaban J connectivity index is 2.20. The van der Waals surface area contributed by atoms with E-state index in [0.717, 1.165) is 37.4 Å². The summed E-state index contributed by atoms with van der Waals surface area (Å²) in [5.74, 6) is 1.81. The molecule has 1 aromatic carbocycles. The van der Waals surface area contributed by atoms with E-state index in [-0.39, 0.29) is 19.3 Å². The summed E-state index contributed by atoms with van der Waals surface area (Å²) in [6, 6.07) is 10.3. The van der Waals surface area contributed by atoms with Crippen LogP contribution in [0.3, 0.4) is 0 Å². The molecule has 0 saturated heterocycles. The lowest BCUT2D eigenvalue weighted by atomic mass is 10.1. The van der Waals surface area contributed by atoms with Crippen molar-refractivity contribution in [2.75, 3.05) is 65.6 Å². The monoisotopic (exact) mass is 659 g/mol. The number of benzene rings is 1.